The Morgan fingerprint density at radius 1 is 1.37 bits per heavy atom. The molecule has 2 rings (SSSR count). The molecular weight excluding hydrogens is 266 g/mol. The maximum Gasteiger partial charge on any atom is 0.339 e. The first-order chi connectivity index (χ1) is 9.04. The molecule has 19 heavy (non-hydrogen) atoms. The minimum absolute atomic E-state index is 0.0694. The van der Waals surface area contributed by atoms with Gasteiger partial charge >= 0.3 is 5.97 Å². The molecule has 1 aromatic heterocycles. The third-order valence-corrected chi connectivity index (χ3v) is 3.69. The van der Waals surface area contributed by atoms with Gasteiger partial charge in [-0.25, -0.2) is 4.79 Å². The van der Waals surface area contributed by atoms with Crippen molar-refractivity contribution in [2.75, 3.05) is 7.11 Å². The number of thiophene rings is 1. The number of carbonyl (C=O) groups excluding carboxylic acids is 1. The van der Waals surface area contributed by atoms with Gasteiger partial charge in [0.15, 0.2) is 0 Å². The average molecular weight is 277 g/mol. The summed E-state index contributed by atoms with van der Waals surface area (Å²) < 4.78 is 4.71. The fourth-order valence-electron chi connectivity index (χ4n) is 1.81. The molecule has 0 aliphatic carbocycles. The molecule has 0 atom stereocenters. The summed E-state index contributed by atoms with van der Waals surface area (Å²) >= 11 is 1.40. The summed E-state index contributed by atoms with van der Waals surface area (Å²) in [5.41, 5.74) is 1.88. The van der Waals surface area contributed by atoms with Crippen LogP contribution in [0.3, 0.4) is 0 Å². The zero-order valence-electron chi connectivity index (χ0n) is 10.4. The molecule has 6 heteroatoms. The molecule has 0 fully saturated rings. The first-order valence-corrected chi connectivity index (χ1v) is 6.33. The molecule has 1 aromatic carbocycles. The van der Waals surface area contributed by atoms with E-state index < -0.39 is 10.9 Å². The van der Waals surface area contributed by atoms with Crippen LogP contribution < -0.4 is 0 Å². The van der Waals surface area contributed by atoms with Crippen molar-refractivity contribution in [1.29, 1.82) is 0 Å². The fourth-order valence-corrected chi connectivity index (χ4v) is 2.69. The number of benzene rings is 1. The summed E-state index contributed by atoms with van der Waals surface area (Å²) in [6, 6.07) is 6.48. The molecule has 0 bridgehead atoms. The van der Waals surface area contributed by atoms with Crippen molar-refractivity contribution in [3.8, 4) is 10.4 Å². The summed E-state index contributed by atoms with van der Waals surface area (Å²) in [5, 5.41) is 12.6. The number of ether oxygens (including phenoxy) is 1. The van der Waals surface area contributed by atoms with Crippen LogP contribution in [0.25, 0.3) is 10.4 Å². The van der Waals surface area contributed by atoms with Crippen LogP contribution >= 0.6 is 11.3 Å². The van der Waals surface area contributed by atoms with E-state index in [0.717, 1.165) is 10.4 Å². The van der Waals surface area contributed by atoms with Crippen LogP contribution in [-0.2, 0) is 4.74 Å². The van der Waals surface area contributed by atoms with Crippen molar-refractivity contribution in [3.05, 3.63) is 50.9 Å². The van der Waals surface area contributed by atoms with Crippen LogP contribution in [0.2, 0.25) is 0 Å². The zero-order chi connectivity index (χ0) is 14.0. The lowest BCUT2D eigenvalue weighted by Gasteiger charge is -2.04. The Morgan fingerprint density at radius 3 is 2.68 bits per heavy atom. The minimum Gasteiger partial charge on any atom is -0.465 e. The van der Waals surface area contributed by atoms with Crippen LogP contribution in [0, 0.1) is 17.0 Å². The smallest absolute Gasteiger partial charge is 0.339 e. The Bertz CT molecular complexity index is 648. The van der Waals surface area contributed by atoms with E-state index in [1.807, 2.05) is 0 Å². The van der Waals surface area contributed by atoms with Crippen LogP contribution in [-0.4, -0.2) is 18.0 Å². The Balaban J connectivity index is 2.49. The first kappa shape index (κ1) is 13.2. The molecule has 0 amide bonds. The molecule has 0 saturated carbocycles. The lowest BCUT2D eigenvalue weighted by atomic mass is 10.1. The second-order valence-corrected chi connectivity index (χ2v) is 4.83. The maximum absolute atomic E-state index is 11.6. The average Bonchev–Trinajstić information content (AvgIpc) is 2.86. The Kier molecular flexibility index (Phi) is 3.62. The second kappa shape index (κ2) is 5.19. The van der Waals surface area contributed by atoms with E-state index in [1.54, 1.807) is 30.5 Å². The van der Waals surface area contributed by atoms with Crippen molar-refractivity contribution in [1.82, 2.24) is 0 Å². The van der Waals surface area contributed by atoms with Gasteiger partial charge in [0.1, 0.15) is 0 Å². The number of carbonyl (C=O) groups is 1. The van der Waals surface area contributed by atoms with Crippen molar-refractivity contribution in [2.24, 2.45) is 0 Å². The lowest BCUT2D eigenvalue weighted by Crippen LogP contribution is -2.00. The Hall–Kier alpha value is -2.21. The molecule has 0 N–H and O–H groups in total. The van der Waals surface area contributed by atoms with Crippen LogP contribution in [0.4, 0.5) is 5.69 Å². The van der Waals surface area contributed by atoms with Crippen LogP contribution in [0.1, 0.15) is 15.9 Å². The van der Waals surface area contributed by atoms with Gasteiger partial charge in [0.05, 0.1) is 17.6 Å². The third-order valence-electron chi connectivity index (χ3n) is 2.73. The lowest BCUT2D eigenvalue weighted by molar-refractivity contribution is -0.385. The predicted molar refractivity (Wildman–Crippen MR) is 72.5 cm³/mol. The SMILES string of the molecule is COC(=O)c1ccsc1-c1ccc([N+](=O)[O-])c(C)c1. The van der Waals surface area contributed by atoms with Crippen molar-refractivity contribution >= 4 is 23.0 Å². The van der Waals surface area contributed by atoms with Gasteiger partial charge in [0.25, 0.3) is 5.69 Å². The molecule has 0 aliphatic rings. The second-order valence-electron chi connectivity index (χ2n) is 3.91. The predicted octanol–water partition coefficient (Wildman–Crippen LogP) is 3.42. The zero-order valence-corrected chi connectivity index (χ0v) is 11.2. The fraction of sp³-hybridized carbons (Fsp3) is 0.154. The number of hydrogen-bond acceptors (Lipinski definition) is 5. The van der Waals surface area contributed by atoms with Gasteiger partial charge in [-0.15, -0.1) is 11.3 Å². The highest BCUT2D eigenvalue weighted by Crippen LogP contribution is 2.32. The van der Waals surface area contributed by atoms with Crippen LogP contribution in [0.15, 0.2) is 29.6 Å². The number of nitro groups is 1. The van der Waals surface area contributed by atoms with E-state index in [1.165, 1.54) is 24.5 Å². The first-order valence-electron chi connectivity index (χ1n) is 5.46. The quantitative estimate of drug-likeness (QED) is 0.489. The largest absolute Gasteiger partial charge is 0.465 e. The van der Waals surface area contributed by atoms with Gasteiger partial charge in [0, 0.05) is 16.5 Å². The summed E-state index contributed by atoms with van der Waals surface area (Å²) in [7, 11) is 1.32. The van der Waals surface area contributed by atoms with Gasteiger partial charge in [0.2, 0.25) is 0 Å². The molecule has 0 aliphatic heterocycles. The molecule has 0 spiro atoms. The molecule has 2 aromatic rings. The highest BCUT2D eigenvalue weighted by Gasteiger charge is 2.17. The highest BCUT2D eigenvalue weighted by atomic mass is 32.1. The van der Waals surface area contributed by atoms with Gasteiger partial charge in [-0.1, -0.05) is 0 Å². The molecule has 1 heterocycles. The normalized spacial score (nSPS) is 10.2. The monoisotopic (exact) mass is 277 g/mol. The van der Waals surface area contributed by atoms with Gasteiger partial charge < -0.3 is 4.74 Å². The standard InChI is InChI=1S/C13H11NO4S/c1-8-7-9(3-4-11(8)14(16)17)12-10(5-6-19-12)13(15)18-2/h3-7H,1-2H3. The Morgan fingerprint density at radius 2 is 2.11 bits per heavy atom. The minimum atomic E-state index is -0.422. The molecule has 0 radical (unpaired) electrons. The number of esters is 1. The third kappa shape index (κ3) is 2.48. The van der Waals surface area contributed by atoms with Crippen LogP contribution in [0.5, 0.6) is 0 Å². The topological polar surface area (TPSA) is 69.4 Å². The number of nitro benzene ring substituents is 1. The maximum atomic E-state index is 11.6. The van der Waals surface area contributed by atoms with E-state index in [-0.39, 0.29) is 5.69 Å². The number of hydrogen-bond donors (Lipinski definition) is 0. The van der Waals surface area contributed by atoms with Gasteiger partial charge in [-0.05, 0) is 36.1 Å². The van der Waals surface area contributed by atoms with Crippen molar-refractivity contribution < 1.29 is 14.5 Å². The molecule has 5 nitrogen and oxygen atoms in total. The van der Waals surface area contributed by atoms with Gasteiger partial charge in [-0.3, -0.25) is 10.1 Å². The number of methoxy groups -OCH3 is 1. The summed E-state index contributed by atoms with van der Waals surface area (Å²) in [4.78, 5) is 22.7. The van der Waals surface area contributed by atoms with E-state index in [2.05, 4.69) is 0 Å². The molecule has 0 unspecified atom stereocenters. The number of rotatable bonds is 3. The van der Waals surface area contributed by atoms with E-state index >= 15 is 0 Å². The summed E-state index contributed by atoms with van der Waals surface area (Å²) in [6.45, 7) is 1.67. The van der Waals surface area contributed by atoms with E-state index in [9.17, 15) is 14.9 Å². The van der Waals surface area contributed by atoms with Gasteiger partial charge in [-0.2, -0.15) is 0 Å². The molecule has 0 saturated heterocycles. The number of aryl methyl sites for hydroxylation is 1. The van der Waals surface area contributed by atoms with Crippen molar-refractivity contribution in [2.45, 2.75) is 6.92 Å². The highest BCUT2D eigenvalue weighted by molar-refractivity contribution is 7.14. The summed E-state index contributed by atoms with van der Waals surface area (Å²) in [5.74, 6) is -0.410. The van der Waals surface area contributed by atoms with E-state index in [4.69, 9.17) is 4.74 Å². The molecular formula is C13H11NO4S. The molecule has 98 valence electrons. The summed E-state index contributed by atoms with van der Waals surface area (Å²) in [6.07, 6.45) is 0. The Labute approximate surface area is 113 Å². The van der Waals surface area contributed by atoms with E-state index in [0.29, 0.717) is 11.1 Å². The number of nitrogens with zero attached hydrogens (tertiary/aromatic N) is 1. The van der Waals surface area contributed by atoms with Crippen molar-refractivity contribution in [3.63, 3.8) is 0 Å².